The van der Waals surface area contributed by atoms with Gasteiger partial charge in [0, 0.05) is 10.2 Å². The number of aryl methyl sites for hydroxylation is 1. The SMILES string of the molecule is Cc1cccc(Nc2ncnc(Nc3ccccc3Br)c2N)c1. The van der Waals surface area contributed by atoms with Crippen molar-refractivity contribution in [2.75, 3.05) is 16.4 Å². The van der Waals surface area contributed by atoms with E-state index in [0.29, 0.717) is 17.3 Å². The van der Waals surface area contributed by atoms with Crippen molar-refractivity contribution in [3.63, 3.8) is 0 Å². The van der Waals surface area contributed by atoms with Crippen molar-refractivity contribution in [1.29, 1.82) is 0 Å². The number of nitrogens with zero attached hydrogens (tertiary/aromatic N) is 2. The summed E-state index contributed by atoms with van der Waals surface area (Å²) in [5, 5.41) is 6.44. The molecule has 0 fully saturated rings. The van der Waals surface area contributed by atoms with Gasteiger partial charge in [0.05, 0.1) is 5.69 Å². The van der Waals surface area contributed by atoms with Crippen molar-refractivity contribution in [2.24, 2.45) is 0 Å². The second-order valence-electron chi connectivity index (χ2n) is 5.08. The van der Waals surface area contributed by atoms with Gasteiger partial charge in [-0.3, -0.25) is 0 Å². The second kappa shape index (κ2) is 6.66. The summed E-state index contributed by atoms with van der Waals surface area (Å²) in [6.45, 7) is 2.04. The Hall–Kier alpha value is -2.60. The van der Waals surface area contributed by atoms with Gasteiger partial charge in [0.2, 0.25) is 0 Å². The highest BCUT2D eigenvalue weighted by Crippen LogP contribution is 2.30. The number of hydrogen-bond acceptors (Lipinski definition) is 5. The van der Waals surface area contributed by atoms with Crippen LogP contribution < -0.4 is 16.4 Å². The number of para-hydroxylation sites is 1. The van der Waals surface area contributed by atoms with Crippen LogP contribution in [0.5, 0.6) is 0 Å². The molecule has 0 saturated carbocycles. The van der Waals surface area contributed by atoms with Crippen LogP contribution >= 0.6 is 15.9 Å². The Morgan fingerprint density at radius 3 is 2.43 bits per heavy atom. The highest BCUT2D eigenvalue weighted by molar-refractivity contribution is 9.10. The molecule has 1 heterocycles. The van der Waals surface area contributed by atoms with Crippen molar-refractivity contribution in [2.45, 2.75) is 6.92 Å². The Morgan fingerprint density at radius 1 is 0.957 bits per heavy atom. The predicted octanol–water partition coefficient (Wildman–Crippen LogP) is 4.62. The van der Waals surface area contributed by atoms with Crippen LogP contribution in [-0.4, -0.2) is 9.97 Å². The molecule has 0 atom stereocenters. The summed E-state index contributed by atoms with van der Waals surface area (Å²) in [7, 11) is 0. The molecule has 4 N–H and O–H groups in total. The summed E-state index contributed by atoms with van der Waals surface area (Å²) in [5.41, 5.74) is 9.65. The fourth-order valence-corrected chi connectivity index (χ4v) is 2.53. The van der Waals surface area contributed by atoms with Gasteiger partial charge in [0.25, 0.3) is 0 Å². The Labute approximate surface area is 143 Å². The monoisotopic (exact) mass is 369 g/mol. The van der Waals surface area contributed by atoms with Gasteiger partial charge in [0.1, 0.15) is 12.0 Å². The summed E-state index contributed by atoms with van der Waals surface area (Å²) >= 11 is 3.50. The fraction of sp³-hybridized carbons (Fsp3) is 0.0588. The van der Waals surface area contributed by atoms with E-state index < -0.39 is 0 Å². The summed E-state index contributed by atoms with van der Waals surface area (Å²) in [5.74, 6) is 1.13. The smallest absolute Gasteiger partial charge is 0.159 e. The minimum atomic E-state index is 0.463. The number of rotatable bonds is 4. The average Bonchev–Trinajstić information content (AvgIpc) is 2.53. The molecule has 0 aliphatic heterocycles. The maximum Gasteiger partial charge on any atom is 0.159 e. The lowest BCUT2D eigenvalue weighted by atomic mass is 10.2. The molecule has 2 aromatic carbocycles. The molecule has 0 saturated heterocycles. The molecule has 0 amide bonds. The van der Waals surface area contributed by atoms with Crippen LogP contribution in [0.25, 0.3) is 0 Å². The van der Waals surface area contributed by atoms with E-state index in [-0.39, 0.29) is 0 Å². The third kappa shape index (κ3) is 3.60. The minimum Gasteiger partial charge on any atom is -0.393 e. The number of benzene rings is 2. The number of nitrogens with one attached hydrogen (secondary N) is 2. The lowest BCUT2D eigenvalue weighted by Crippen LogP contribution is -2.05. The van der Waals surface area contributed by atoms with Gasteiger partial charge in [-0.2, -0.15) is 0 Å². The molecule has 0 aliphatic carbocycles. The van der Waals surface area contributed by atoms with Gasteiger partial charge in [0.15, 0.2) is 11.6 Å². The van der Waals surface area contributed by atoms with Gasteiger partial charge >= 0.3 is 0 Å². The van der Waals surface area contributed by atoms with Gasteiger partial charge in [-0.15, -0.1) is 0 Å². The molecule has 3 rings (SSSR count). The van der Waals surface area contributed by atoms with Crippen LogP contribution in [0.15, 0.2) is 59.3 Å². The molecule has 5 nitrogen and oxygen atoms in total. The number of nitrogens with two attached hydrogens (primary N) is 1. The predicted molar refractivity (Wildman–Crippen MR) is 98.3 cm³/mol. The van der Waals surface area contributed by atoms with E-state index in [2.05, 4.69) is 36.5 Å². The molecule has 6 heteroatoms. The first kappa shape index (κ1) is 15.3. The van der Waals surface area contributed by atoms with Crippen molar-refractivity contribution in [3.05, 3.63) is 64.9 Å². The van der Waals surface area contributed by atoms with Gasteiger partial charge in [-0.25, -0.2) is 9.97 Å². The third-order valence-electron chi connectivity index (χ3n) is 3.29. The lowest BCUT2D eigenvalue weighted by molar-refractivity contribution is 1.17. The van der Waals surface area contributed by atoms with Gasteiger partial charge in [-0.1, -0.05) is 24.3 Å². The van der Waals surface area contributed by atoms with Crippen LogP contribution in [0.1, 0.15) is 5.56 Å². The topological polar surface area (TPSA) is 75.9 Å². The first-order valence-electron chi connectivity index (χ1n) is 7.09. The second-order valence-corrected chi connectivity index (χ2v) is 5.94. The highest BCUT2D eigenvalue weighted by Gasteiger charge is 2.10. The Bertz CT molecular complexity index is 835. The molecule has 0 bridgehead atoms. The maximum absolute atomic E-state index is 6.20. The molecule has 3 aromatic rings. The molecule has 0 spiro atoms. The van der Waals surface area contributed by atoms with Gasteiger partial charge in [-0.05, 0) is 52.7 Å². The Balaban J connectivity index is 1.88. The first-order valence-corrected chi connectivity index (χ1v) is 7.88. The molecular formula is C17H16BrN5. The number of aromatic nitrogens is 2. The largest absolute Gasteiger partial charge is 0.393 e. The molecular weight excluding hydrogens is 354 g/mol. The first-order chi connectivity index (χ1) is 11.1. The number of nitrogen functional groups attached to an aromatic ring is 1. The quantitative estimate of drug-likeness (QED) is 0.625. The summed E-state index contributed by atoms with van der Waals surface area (Å²) in [4.78, 5) is 8.46. The third-order valence-corrected chi connectivity index (χ3v) is 3.98. The molecule has 0 aliphatic rings. The lowest BCUT2D eigenvalue weighted by Gasteiger charge is -2.13. The van der Waals surface area contributed by atoms with E-state index in [4.69, 9.17) is 5.73 Å². The van der Waals surface area contributed by atoms with E-state index in [1.54, 1.807) is 0 Å². The minimum absolute atomic E-state index is 0.463. The van der Waals surface area contributed by atoms with Crippen molar-refractivity contribution < 1.29 is 0 Å². The number of halogens is 1. The standard InChI is InChI=1S/C17H16BrN5/c1-11-5-4-6-12(9-11)22-16-15(19)17(21-10-20-16)23-14-8-3-2-7-13(14)18/h2-10H,19H2,1H3,(H2,20,21,22,23). The van der Waals surface area contributed by atoms with Crippen LogP contribution in [0, 0.1) is 6.92 Å². The zero-order chi connectivity index (χ0) is 16.2. The summed E-state index contributed by atoms with van der Waals surface area (Å²) in [6, 6.07) is 15.8. The molecule has 0 radical (unpaired) electrons. The van der Waals surface area contributed by atoms with Crippen molar-refractivity contribution in [3.8, 4) is 0 Å². The number of anilines is 5. The van der Waals surface area contributed by atoms with Crippen molar-refractivity contribution >= 4 is 44.6 Å². The van der Waals surface area contributed by atoms with Crippen LogP contribution in [0.4, 0.5) is 28.7 Å². The zero-order valence-electron chi connectivity index (χ0n) is 12.5. The number of hydrogen-bond donors (Lipinski definition) is 3. The normalized spacial score (nSPS) is 10.3. The van der Waals surface area contributed by atoms with E-state index in [9.17, 15) is 0 Å². The van der Waals surface area contributed by atoms with Crippen LogP contribution in [0.2, 0.25) is 0 Å². The Morgan fingerprint density at radius 2 is 1.70 bits per heavy atom. The maximum atomic E-state index is 6.20. The zero-order valence-corrected chi connectivity index (χ0v) is 14.1. The molecule has 1 aromatic heterocycles. The molecule has 0 unspecified atom stereocenters. The van der Waals surface area contributed by atoms with Crippen LogP contribution in [0.3, 0.4) is 0 Å². The van der Waals surface area contributed by atoms with Gasteiger partial charge < -0.3 is 16.4 Å². The molecule has 23 heavy (non-hydrogen) atoms. The van der Waals surface area contributed by atoms with E-state index >= 15 is 0 Å². The van der Waals surface area contributed by atoms with E-state index in [1.807, 2.05) is 55.5 Å². The van der Waals surface area contributed by atoms with Crippen molar-refractivity contribution in [1.82, 2.24) is 9.97 Å². The average molecular weight is 370 g/mol. The van der Waals surface area contributed by atoms with E-state index in [0.717, 1.165) is 21.4 Å². The Kier molecular flexibility index (Phi) is 4.43. The van der Waals surface area contributed by atoms with Crippen LogP contribution in [-0.2, 0) is 0 Å². The summed E-state index contributed by atoms with van der Waals surface area (Å²) < 4.78 is 0.936. The molecule has 116 valence electrons. The van der Waals surface area contributed by atoms with E-state index in [1.165, 1.54) is 6.33 Å². The summed E-state index contributed by atoms with van der Waals surface area (Å²) in [6.07, 6.45) is 1.48. The fourth-order valence-electron chi connectivity index (χ4n) is 2.14. The highest BCUT2D eigenvalue weighted by atomic mass is 79.9.